The molecular weight excluding hydrogens is 382 g/mol. The third-order valence-corrected chi connectivity index (χ3v) is 4.94. The van der Waals surface area contributed by atoms with E-state index < -0.39 is 12.0 Å². The van der Waals surface area contributed by atoms with Crippen LogP contribution in [0.25, 0.3) is 0 Å². The van der Waals surface area contributed by atoms with E-state index in [1.165, 1.54) is 7.11 Å². The van der Waals surface area contributed by atoms with Crippen molar-refractivity contribution in [2.24, 2.45) is 5.92 Å². The second-order valence-electron chi connectivity index (χ2n) is 6.52. The van der Waals surface area contributed by atoms with Gasteiger partial charge in [0.15, 0.2) is 11.5 Å². The van der Waals surface area contributed by atoms with Gasteiger partial charge in [-0.25, -0.2) is 4.79 Å². The van der Waals surface area contributed by atoms with E-state index >= 15 is 0 Å². The van der Waals surface area contributed by atoms with Gasteiger partial charge in [-0.2, -0.15) is 0 Å². The summed E-state index contributed by atoms with van der Waals surface area (Å²) in [5.41, 5.74) is 1.33. The summed E-state index contributed by atoms with van der Waals surface area (Å²) in [5.74, 6) is 0.297. The van der Waals surface area contributed by atoms with Gasteiger partial charge >= 0.3 is 6.03 Å². The number of amides is 3. The van der Waals surface area contributed by atoms with E-state index in [-0.39, 0.29) is 18.0 Å². The van der Waals surface area contributed by atoms with Gasteiger partial charge in [0.2, 0.25) is 5.91 Å². The third-order valence-electron chi connectivity index (χ3n) is 4.70. The van der Waals surface area contributed by atoms with Crippen molar-refractivity contribution in [1.82, 2.24) is 10.6 Å². The SMILES string of the molecule is COc1ccc(C2NC(=O)NC(C)C2C(=O)Nc2cccc(Cl)c2)cc1OC. The Kier molecular flexibility index (Phi) is 5.94. The molecule has 28 heavy (non-hydrogen) atoms. The Balaban J connectivity index is 1.92. The summed E-state index contributed by atoms with van der Waals surface area (Å²) in [5, 5.41) is 9.02. The first-order chi connectivity index (χ1) is 13.4. The van der Waals surface area contributed by atoms with Crippen LogP contribution in [0.4, 0.5) is 10.5 Å². The average Bonchev–Trinajstić information content (AvgIpc) is 2.66. The van der Waals surface area contributed by atoms with Crippen molar-refractivity contribution >= 4 is 29.2 Å². The quantitative estimate of drug-likeness (QED) is 0.714. The summed E-state index contributed by atoms with van der Waals surface area (Å²) in [7, 11) is 3.09. The number of methoxy groups -OCH3 is 2. The lowest BCUT2D eigenvalue weighted by Gasteiger charge is -2.37. The van der Waals surface area contributed by atoms with E-state index in [9.17, 15) is 9.59 Å². The van der Waals surface area contributed by atoms with Crippen LogP contribution in [0.5, 0.6) is 11.5 Å². The lowest BCUT2D eigenvalue weighted by Crippen LogP contribution is -2.58. The second-order valence-corrected chi connectivity index (χ2v) is 6.96. The van der Waals surface area contributed by atoms with Crippen LogP contribution in [-0.2, 0) is 4.79 Å². The lowest BCUT2D eigenvalue weighted by atomic mass is 9.85. The van der Waals surface area contributed by atoms with E-state index in [0.717, 1.165) is 5.56 Å². The summed E-state index contributed by atoms with van der Waals surface area (Å²) in [6.07, 6.45) is 0. The Hall–Kier alpha value is -2.93. The summed E-state index contributed by atoms with van der Waals surface area (Å²) >= 11 is 6.00. The molecule has 3 amide bonds. The molecule has 0 bridgehead atoms. The van der Waals surface area contributed by atoms with Crippen LogP contribution >= 0.6 is 11.6 Å². The average molecular weight is 404 g/mol. The number of carbonyl (C=O) groups is 2. The maximum absolute atomic E-state index is 13.1. The van der Waals surface area contributed by atoms with Gasteiger partial charge in [0.25, 0.3) is 0 Å². The highest BCUT2D eigenvalue weighted by Crippen LogP contribution is 2.35. The topological polar surface area (TPSA) is 88.7 Å². The van der Waals surface area contributed by atoms with E-state index in [1.807, 2.05) is 6.07 Å². The Morgan fingerprint density at radius 1 is 1.07 bits per heavy atom. The number of urea groups is 1. The van der Waals surface area contributed by atoms with Crippen molar-refractivity contribution in [3.8, 4) is 11.5 Å². The zero-order valence-corrected chi connectivity index (χ0v) is 16.5. The number of benzene rings is 2. The normalized spacial score (nSPS) is 21.3. The maximum Gasteiger partial charge on any atom is 0.315 e. The molecule has 3 N–H and O–H groups in total. The number of anilines is 1. The van der Waals surface area contributed by atoms with Crippen LogP contribution < -0.4 is 25.4 Å². The molecule has 1 aliphatic heterocycles. The smallest absolute Gasteiger partial charge is 0.315 e. The first-order valence-corrected chi connectivity index (χ1v) is 9.16. The Morgan fingerprint density at radius 3 is 2.50 bits per heavy atom. The van der Waals surface area contributed by atoms with Crippen LogP contribution in [0.2, 0.25) is 5.02 Å². The van der Waals surface area contributed by atoms with Crippen molar-refractivity contribution in [2.45, 2.75) is 19.0 Å². The monoisotopic (exact) mass is 403 g/mol. The van der Waals surface area contributed by atoms with Crippen LogP contribution in [0.3, 0.4) is 0 Å². The van der Waals surface area contributed by atoms with Crippen molar-refractivity contribution in [3.05, 3.63) is 53.1 Å². The van der Waals surface area contributed by atoms with Gasteiger partial charge in [0, 0.05) is 16.8 Å². The minimum atomic E-state index is -0.560. The molecule has 3 atom stereocenters. The predicted octanol–water partition coefficient (Wildman–Crippen LogP) is 3.35. The van der Waals surface area contributed by atoms with Gasteiger partial charge in [-0.05, 0) is 42.8 Å². The first kappa shape index (κ1) is 19.8. The Morgan fingerprint density at radius 2 is 1.82 bits per heavy atom. The number of hydrogen-bond donors (Lipinski definition) is 3. The molecule has 2 aromatic rings. The summed E-state index contributed by atoms with van der Waals surface area (Å²) < 4.78 is 10.6. The van der Waals surface area contributed by atoms with Crippen molar-refractivity contribution in [3.63, 3.8) is 0 Å². The largest absolute Gasteiger partial charge is 0.493 e. The van der Waals surface area contributed by atoms with Crippen LogP contribution in [0.1, 0.15) is 18.5 Å². The molecule has 3 rings (SSSR count). The summed E-state index contributed by atoms with van der Waals surface area (Å²) in [6, 6.07) is 11.0. The minimum absolute atomic E-state index is 0.234. The van der Waals surface area contributed by atoms with E-state index in [4.69, 9.17) is 21.1 Å². The molecule has 0 saturated carbocycles. The molecule has 0 aromatic heterocycles. The Bertz CT molecular complexity index is 890. The van der Waals surface area contributed by atoms with E-state index in [0.29, 0.717) is 22.2 Å². The zero-order chi connectivity index (χ0) is 20.3. The second kappa shape index (κ2) is 8.39. The molecule has 7 nitrogen and oxygen atoms in total. The fraction of sp³-hybridized carbons (Fsp3) is 0.300. The van der Waals surface area contributed by atoms with Gasteiger partial charge in [0.05, 0.1) is 26.2 Å². The minimum Gasteiger partial charge on any atom is -0.493 e. The van der Waals surface area contributed by atoms with E-state index in [2.05, 4.69) is 16.0 Å². The van der Waals surface area contributed by atoms with Crippen molar-refractivity contribution in [1.29, 1.82) is 0 Å². The molecule has 0 radical (unpaired) electrons. The molecule has 0 spiro atoms. The maximum atomic E-state index is 13.1. The number of ether oxygens (including phenoxy) is 2. The van der Waals surface area contributed by atoms with Crippen LogP contribution in [-0.4, -0.2) is 32.2 Å². The van der Waals surface area contributed by atoms with Gasteiger partial charge in [-0.1, -0.05) is 23.7 Å². The highest BCUT2D eigenvalue weighted by atomic mass is 35.5. The molecular formula is C20H22ClN3O4. The molecule has 3 unspecified atom stereocenters. The molecule has 0 aliphatic carbocycles. The molecule has 1 aliphatic rings. The highest BCUT2D eigenvalue weighted by molar-refractivity contribution is 6.30. The first-order valence-electron chi connectivity index (χ1n) is 8.78. The fourth-order valence-corrected chi connectivity index (χ4v) is 3.56. The molecule has 1 fully saturated rings. The van der Waals surface area contributed by atoms with Crippen LogP contribution in [0, 0.1) is 5.92 Å². The number of halogens is 1. The van der Waals surface area contributed by atoms with Crippen LogP contribution in [0.15, 0.2) is 42.5 Å². The van der Waals surface area contributed by atoms with Crippen molar-refractivity contribution < 1.29 is 19.1 Å². The molecule has 8 heteroatoms. The summed E-state index contributed by atoms with van der Waals surface area (Å²) in [6.45, 7) is 1.80. The lowest BCUT2D eigenvalue weighted by molar-refractivity contribution is -0.121. The number of hydrogen-bond acceptors (Lipinski definition) is 4. The van der Waals surface area contributed by atoms with Gasteiger partial charge in [0.1, 0.15) is 0 Å². The number of nitrogens with one attached hydrogen (secondary N) is 3. The standard InChI is InChI=1S/C20H22ClN3O4/c1-11-17(19(25)23-14-6-4-5-13(21)10-14)18(24-20(26)22-11)12-7-8-15(27-2)16(9-12)28-3/h4-11,17-18H,1-3H3,(H,23,25)(H2,22,24,26). The zero-order valence-electron chi connectivity index (χ0n) is 15.8. The molecule has 2 aromatic carbocycles. The van der Waals surface area contributed by atoms with Crippen molar-refractivity contribution in [2.75, 3.05) is 19.5 Å². The number of rotatable bonds is 5. The number of carbonyl (C=O) groups excluding carboxylic acids is 2. The van der Waals surface area contributed by atoms with E-state index in [1.54, 1.807) is 50.4 Å². The predicted molar refractivity (Wildman–Crippen MR) is 107 cm³/mol. The summed E-state index contributed by atoms with van der Waals surface area (Å²) in [4.78, 5) is 25.1. The highest BCUT2D eigenvalue weighted by Gasteiger charge is 2.40. The van der Waals surface area contributed by atoms with Gasteiger partial charge in [-0.3, -0.25) is 4.79 Å². The van der Waals surface area contributed by atoms with Gasteiger partial charge < -0.3 is 25.4 Å². The third kappa shape index (κ3) is 4.14. The molecule has 1 heterocycles. The van der Waals surface area contributed by atoms with Gasteiger partial charge in [-0.15, -0.1) is 0 Å². The molecule has 148 valence electrons. The molecule has 1 saturated heterocycles. The Labute approximate surface area is 168 Å². The fourth-order valence-electron chi connectivity index (χ4n) is 3.37.